The van der Waals surface area contributed by atoms with Crippen LogP contribution >= 0.6 is 0 Å². The van der Waals surface area contributed by atoms with E-state index in [1.807, 2.05) is 42.5 Å². The molecule has 6 nitrogen and oxygen atoms in total. The van der Waals surface area contributed by atoms with Crippen LogP contribution in [0.25, 0.3) is 16.7 Å². The quantitative estimate of drug-likeness (QED) is 0.841. The molecule has 0 amide bonds. The number of allylic oxidation sites excluding steroid dienone is 1. The lowest BCUT2D eigenvalue weighted by Gasteiger charge is -2.27. The van der Waals surface area contributed by atoms with Crippen molar-refractivity contribution >= 4 is 27.6 Å². The van der Waals surface area contributed by atoms with Crippen LogP contribution in [-0.2, 0) is 10.0 Å². The second-order valence-electron chi connectivity index (χ2n) is 5.47. The zero-order valence-electron chi connectivity index (χ0n) is 12.7. The summed E-state index contributed by atoms with van der Waals surface area (Å²) in [5.41, 5.74) is 3.41. The molecule has 0 aliphatic carbocycles. The minimum Gasteiger partial charge on any atom is -0.255 e. The van der Waals surface area contributed by atoms with Crippen molar-refractivity contribution in [3.05, 3.63) is 60.4 Å². The fraction of sp³-hybridized carbons (Fsp3) is 0.118. The summed E-state index contributed by atoms with van der Waals surface area (Å²) in [6.07, 6.45) is 5.15. The summed E-state index contributed by atoms with van der Waals surface area (Å²) in [7, 11) is -3.44. The number of aromatic nitrogens is 1. The molecule has 24 heavy (non-hydrogen) atoms. The van der Waals surface area contributed by atoms with Crippen LogP contribution in [0.5, 0.6) is 0 Å². The molecule has 2 aliphatic heterocycles. The number of rotatable bonds is 2. The van der Waals surface area contributed by atoms with Gasteiger partial charge in [0.05, 0.1) is 18.0 Å². The molecule has 2 aromatic rings. The molecule has 0 radical (unpaired) electrons. The van der Waals surface area contributed by atoms with E-state index in [2.05, 4.69) is 14.5 Å². The van der Waals surface area contributed by atoms with Crippen molar-refractivity contribution in [2.75, 3.05) is 12.3 Å². The number of fused-ring (bicyclic) bond motifs is 1. The van der Waals surface area contributed by atoms with E-state index >= 15 is 0 Å². The minimum absolute atomic E-state index is 0.0263. The Morgan fingerprint density at radius 3 is 2.58 bits per heavy atom. The molecule has 1 aromatic carbocycles. The number of sulfonamides is 1. The average Bonchev–Trinajstić information content (AvgIpc) is 2.61. The molecule has 0 unspecified atom stereocenters. The van der Waals surface area contributed by atoms with E-state index in [-0.39, 0.29) is 5.75 Å². The third kappa shape index (κ3) is 2.74. The maximum atomic E-state index is 11.8. The lowest BCUT2D eigenvalue weighted by atomic mass is 10.0. The number of pyridine rings is 1. The maximum absolute atomic E-state index is 11.8. The summed E-state index contributed by atoms with van der Waals surface area (Å²) in [5, 5.41) is 5.77. The van der Waals surface area contributed by atoms with Crippen molar-refractivity contribution < 1.29 is 8.42 Å². The van der Waals surface area contributed by atoms with Gasteiger partial charge in [0, 0.05) is 23.5 Å². The Balaban J connectivity index is 1.72. The third-order valence-electron chi connectivity index (χ3n) is 3.87. The first kappa shape index (κ1) is 14.8. The fourth-order valence-electron chi connectivity index (χ4n) is 2.65. The van der Waals surface area contributed by atoms with Crippen LogP contribution in [0.1, 0.15) is 5.69 Å². The van der Waals surface area contributed by atoms with Crippen molar-refractivity contribution in [3.63, 3.8) is 0 Å². The van der Waals surface area contributed by atoms with E-state index < -0.39 is 10.0 Å². The van der Waals surface area contributed by atoms with E-state index in [4.69, 9.17) is 0 Å². The van der Waals surface area contributed by atoms with Gasteiger partial charge in [-0.25, -0.2) is 13.4 Å². The average molecular weight is 338 g/mol. The van der Waals surface area contributed by atoms with Crippen molar-refractivity contribution in [1.82, 2.24) is 9.99 Å². The molecule has 0 fully saturated rings. The highest BCUT2D eigenvalue weighted by atomic mass is 32.2. The summed E-state index contributed by atoms with van der Waals surface area (Å²) >= 11 is 0. The SMILES string of the molecule is O=S1(=O)CCN2N=CC=C(c3ccc(-c4ccccc4)cn3)C2=N1. The number of benzene rings is 1. The molecular formula is C17H14N4O2S. The standard InChI is InChI=1S/C17H14N4O2S/c22-24(23)11-10-21-17(20-24)15(8-9-19-21)16-7-6-14(12-18-16)13-4-2-1-3-5-13/h1-9,12H,10-11H2. The Bertz CT molecular complexity index is 961. The van der Waals surface area contributed by atoms with Crippen LogP contribution in [0.2, 0.25) is 0 Å². The first-order valence-electron chi connectivity index (χ1n) is 7.49. The first-order valence-corrected chi connectivity index (χ1v) is 9.10. The van der Waals surface area contributed by atoms with Gasteiger partial charge in [-0.2, -0.15) is 5.10 Å². The van der Waals surface area contributed by atoms with Gasteiger partial charge in [-0.3, -0.25) is 4.98 Å². The summed E-state index contributed by atoms with van der Waals surface area (Å²) in [6, 6.07) is 13.8. The van der Waals surface area contributed by atoms with Gasteiger partial charge in [-0.15, -0.1) is 4.40 Å². The number of hydrogen-bond donors (Lipinski definition) is 0. The Hall–Kier alpha value is -2.80. The Kier molecular flexibility index (Phi) is 3.50. The van der Waals surface area contributed by atoms with Gasteiger partial charge in [0.15, 0.2) is 5.84 Å². The lowest BCUT2D eigenvalue weighted by Crippen LogP contribution is -2.38. The molecule has 0 saturated heterocycles. The molecule has 3 heterocycles. The van der Waals surface area contributed by atoms with Gasteiger partial charge in [0.25, 0.3) is 10.0 Å². The molecule has 7 heteroatoms. The second-order valence-corrected chi connectivity index (χ2v) is 7.22. The van der Waals surface area contributed by atoms with Crippen LogP contribution < -0.4 is 0 Å². The summed E-state index contributed by atoms with van der Waals surface area (Å²) < 4.78 is 27.5. The third-order valence-corrected chi connectivity index (χ3v) is 5.02. The molecule has 0 saturated carbocycles. The molecular weight excluding hydrogens is 324 g/mol. The highest BCUT2D eigenvalue weighted by Crippen LogP contribution is 2.25. The Morgan fingerprint density at radius 2 is 1.83 bits per heavy atom. The van der Waals surface area contributed by atoms with Crippen molar-refractivity contribution in [3.8, 4) is 11.1 Å². The van der Waals surface area contributed by atoms with E-state index in [0.717, 1.165) is 11.1 Å². The van der Waals surface area contributed by atoms with Gasteiger partial charge < -0.3 is 0 Å². The second kappa shape index (κ2) is 5.68. The fourth-order valence-corrected chi connectivity index (χ4v) is 3.60. The molecule has 1 aromatic heterocycles. The largest absolute Gasteiger partial charge is 0.256 e. The topological polar surface area (TPSA) is 75.0 Å². The number of nitrogens with zero attached hydrogens (tertiary/aromatic N) is 4. The zero-order chi connectivity index (χ0) is 16.6. The van der Waals surface area contributed by atoms with Crippen LogP contribution in [0.3, 0.4) is 0 Å². The van der Waals surface area contributed by atoms with E-state index in [9.17, 15) is 8.42 Å². The Morgan fingerprint density at radius 1 is 1.00 bits per heavy atom. The van der Waals surface area contributed by atoms with Crippen LogP contribution in [0.15, 0.2) is 64.2 Å². The lowest BCUT2D eigenvalue weighted by molar-refractivity contribution is 0.464. The molecule has 120 valence electrons. The Labute approximate surface area is 139 Å². The smallest absolute Gasteiger partial charge is 0.255 e. The van der Waals surface area contributed by atoms with E-state index in [1.54, 1.807) is 23.5 Å². The molecule has 4 rings (SSSR count). The normalized spacial score (nSPS) is 18.6. The number of hydrogen-bond acceptors (Lipinski definition) is 5. The monoisotopic (exact) mass is 338 g/mol. The minimum atomic E-state index is -3.44. The van der Waals surface area contributed by atoms with Gasteiger partial charge in [-0.05, 0) is 17.7 Å². The predicted octanol–water partition coefficient (Wildman–Crippen LogP) is 2.18. The highest BCUT2D eigenvalue weighted by molar-refractivity contribution is 7.90. The summed E-state index contributed by atoms with van der Waals surface area (Å²) in [5.74, 6) is 0.310. The number of amidine groups is 1. The van der Waals surface area contributed by atoms with Crippen molar-refractivity contribution in [2.24, 2.45) is 9.50 Å². The molecule has 2 aliphatic rings. The summed E-state index contributed by atoms with van der Waals surface area (Å²) in [6.45, 7) is 0.303. The summed E-state index contributed by atoms with van der Waals surface area (Å²) in [4.78, 5) is 4.49. The van der Waals surface area contributed by atoms with E-state index in [1.165, 1.54) is 0 Å². The van der Waals surface area contributed by atoms with Gasteiger partial charge in [-0.1, -0.05) is 36.4 Å². The molecule has 0 bridgehead atoms. The van der Waals surface area contributed by atoms with Gasteiger partial charge in [0.2, 0.25) is 0 Å². The molecule has 0 spiro atoms. The van der Waals surface area contributed by atoms with Crippen molar-refractivity contribution in [1.29, 1.82) is 0 Å². The predicted molar refractivity (Wildman–Crippen MR) is 94.1 cm³/mol. The zero-order valence-corrected chi connectivity index (χ0v) is 13.5. The van der Waals surface area contributed by atoms with Gasteiger partial charge >= 0.3 is 0 Å². The van der Waals surface area contributed by atoms with Crippen molar-refractivity contribution in [2.45, 2.75) is 0 Å². The van der Waals surface area contributed by atoms with Crippen LogP contribution in [0, 0.1) is 0 Å². The maximum Gasteiger partial charge on any atom is 0.256 e. The van der Waals surface area contributed by atoms with Crippen LogP contribution in [0.4, 0.5) is 0 Å². The number of hydrazone groups is 1. The van der Waals surface area contributed by atoms with E-state index in [0.29, 0.717) is 23.6 Å². The first-order chi connectivity index (χ1) is 11.6. The molecule has 0 N–H and O–H groups in total. The van der Waals surface area contributed by atoms with Crippen LogP contribution in [-0.4, -0.2) is 42.8 Å². The molecule has 0 atom stereocenters. The highest BCUT2D eigenvalue weighted by Gasteiger charge is 2.28. The van der Waals surface area contributed by atoms with Gasteiger partial charge in [0.1, 0.15) is 0 Å².